The van der Waals surface area contributed by atoms with Gasteiger partial charge in [-0.2, -0.15) is 0 Å². The first kappa shape index (κ1) is 16.5. The molecule has 0 saturated heterocycles. The van der Waals surface area contributed by atoms with Gasteiger partial charge in [0, 0.05) is 18.9 Å². The largest absolute Gasteiger partial charge is 0.481 e. The van der Waals surface area contributed by atoms with Crippen molar-refractivity contribution >= 4 is 11.9 Å². The van der Waals surface area contributed by atoms with Gasteiger partial charge in [0.25, 0.3) is 0 Å². The van der Waals surface area contributed by atoms with Gasteiger partial charge in [-0.1, -0.05) is 32.1 Å². The molecule has 2 rings (SSSR count). The number of carbonyl (C=O) groups excluding carboxylic acids is 1. The van der Waals surface area contributed by atoms with Gasteiger partial charge >= 0.3 is 17.9 Å². The van der Waals surface area contributed by atoms with Crippen molar-refractivity contribution in [1.29, 1.82) is 0 Å². The number of aromatic nitrogens is 2. The summed E-state index contributed by atoms with van der Waals surface area (Å²) < 4.78 is 7.05. The Morgan fingerprint density at radius 1 is 1.18 bits per heavy atom. The highest BCUT2D eigenvalue weighted by molar-refractivity contribution is 5.77. The van der Waals surface area contributed by atoms with E-state index >= 15 is 0 Å². The zero-order chi connectivity index (χ0) is 15.8. The fourth-order valence-electron chi connectivity index (χ4n) is 2.90. The minimum absolute atomic E-state index is 0.133. The van der Waals surface area contributed by atoms with E-state index in [1.165, 1.54) is 44.9 Å². The van der Waals surface area contributed by atoms with Crippen molar-refractivity contribution < 1.29 is 19.4 Å². The first-order chi connectivity index (χ1) is 10.6. The Morgan fingerprint density at radius 3 is 2.55 bits per heavy atom. The Kier molecular flexibility index (Phi) is 6.43. The summed E-state index contributed by atoms with van der Waals surface area (Å²) in [7, 11) is 0. The van der Waals surface area contributed by atoms with Crippen LogP contribution in [0.5, 0.6) is 6.01 Å². The van der Waals surface area contributed by atoms with E-state index in [2.05, 4.69) is 4.98 Å². The van der Waals surface area contributed by atoms with Gasteiger partial charge in [-0.3, -0.25) is 9.59 Å². The second-order valence-electron chi connectivity index (χ2n) is 5.94. The van der Waals surface area contributed by atoms with E-state index in [4.69, 9.17) is 9.84 Å². The average molecular weight is 308 g/mol. The molecule has 0 radical (unpaired) electrons. The Balaban J connectivity index is 1.88. The van der Waals surface area contributed by atoms with Crippen molar-refractivity contribution in [2.75, 3.05) is 0 Å². The van der Waals surface area contributed by atoms with Gasteiger partial charge < -0.3 is 14.4 Å². The molecule has 1 heterocycles. The summed E-state index contributed by atoms with van der Waals surface area (Å²) in [4.78, 5) is 26.2. The average Bonchev–Trinajstić information content (AvgIpc) is 2.86. The molecule has 1 aliphatic carbocycles. The molecule has 1 aromatic rings. The van der Waals surface area contributed by atoms with Crippen LogP contribution in [-0.2, 0) is 16.1 Å². The van der Waals surface area contributed by atoms with Crippen LogP contribution in [0, 0.1) is 5.92 Å². The molecule has 0 atom stereocenters. The molecule has 1 fully saturated rings. The number of nitrogens with zero attached hydrogens (tertiary/aromatic N) is 2. The van der Waals surface area contributed by atoms with E-state index in [-0.39, 0.29) is 18.9 Å². The molecule has 1 saturated carbocycles. The lowest BCUT2D eigenvalue weighted by Gasteiger charge is -2.20. The van der Waals surface area contributed by atoms with Crippen LogP contribution in [0.3, 0.4) is 0 Å². The lowest BCUT2D eigenvalue weighted by atomic mass is 9.91. The van der Waals surface area contributed by atoms with E-state index in [1.807, 2.05) is 10.8 Å². The summed E-state index contributed by atoms with van der Waals surface area (Å²) in [5.41, 5.74) is 0. The molecular weight excluding hydrogens is 284 g/mol. The monoisotopic (exact) mass is 308 g/mol. The molecule has 0 amide bonds. The number of carboxylic acids is 1. The number of carbonyl (C=O) groups is 2. The first-order valence-electron chi connectivity index (χ1n) is 8.09. The van der Waals surface area contributed by atoms with Crippen LogP contribution in [-0.4, -0.2) is 26.6 Å². The summed E-state index contributed by atoms with van der Waals surface area (Å²) >= 11 is 0. The Bertz CT molecular complexity index is 490. The molecule has 1 aliphatic rings. The molecule has 0 bridgehead atoms. The molecule has 6 heteroatoms. The van der Waals surface area contributed by atoms with E-state index in [1.54, 1.807) is 6.20 Å². The molecule has 0 spiro atoms. The predicted molar refractivity (Wildman–Crippen MR) is 80.5 cm³/mol. The smallest absolute Gasteiger partial charge is 0.314 e. The molecule has 6 nitrogen and oxygen atoms in total. The number of aliphatic carboxylic acids is 1. The maximum atomic E-state index is 11.6. The summed E-state index contributed by atoms with van der Waals surface area (Å²) in [6, 6.07) is 0.275. The number of hydrogen-bond acceptors (Lipinski definition) is 4. The van der Waals surface area contributed by atoms with Crippen LogP contribution in [0.1, 0.15) is 57.8 Å². The lowest BCUT2D eigenvalue weighted by molar-refractivity contribution is -0.142. The van der Waals surface area contributed by atoms with Crippen molar-refractivity contribution in [2.45, 2.75) is 64.3 Å². The zero-order valence-corrected chi connectivity index (χ0v) is 12.9. The zero-order valence-electron chi connectivity index (χ0n) is 12.9. The van der Waals surface area contributed by atoms with Crippen molar-refractivity contribution in [1.82, 2.24) is 9.55 Å². The van der Waals surface area contributed by atoms with Crippen LogP contribution in [0.15, 0.2) is 12.4 Å². The second-order valence-corrected chi connectivity index (χ2v) is 5.94. The standard InChI is InChI=1S/C16H24N2O4/c19-14(20)8-9-15(21)22-16-17-10-11-18(16)12-13-6-4-2-1-3-5-7-13/h10-11,13H,1-9,12H2,(H,19,20). The molecule has 22 heavy (non-hydrogen) atoms. The predicted octanol–water partition coefficient (Wildman–Crippen LogP) is 3.01. The van der Waals surface area contributed by atoms with Gasteiger partial charge in [-0.25, -0.2) is 4.98 Å². The van der Waals surface area contributed by atoms with Gasteiger partial charge in [0.1, 0.15) is 0 Å². The summed E-state index contributed by atoms with van der Waals surface area (Å²) in [5.74, 6) is -0.965. The van der Waals surface area contributed by atoms with E-state index < -0.39 is 11.9 Å². The number of ether oxygens (including phenoxy) is 1. The highest BCUT2D eigenvalue weighted by Gasteiger charge is 2.16. The maximum Gasteiger partial charge on any atom is 0.314 e. The third kappa shape index (κ3) is 5.50. The molecule has 1 aromatic heterocycles. The molecular formula is C16H24N2O4. The fourth-order valence-corrected chi connectivity index (χ4v) is 2.90. The minimum atomic E-state index is -1.00. The normalized spacial score (nSPS) is 16.7. The van der Waals surface area contributed by atoms with Gasteiger partial charge in [-0.05, 0) is 18.8 Å². The molecule has 122 valence electrons. The van der Waals surface area contributed by atoms with Crippen LogP contribution >= 0.6 is 0 Å². The molecule has 1 N–H and O–H groups in total. The van der Waals surface area contributed by atoms with Crippen molar-refractivity contribution in [3.05, 3.63) is 12.4 Å². The van der Waals surface area contributed by atoms with E-state index in [9.17, 15) is 9.59 Å². The minimum Gasteiger partial charge on any atom is -0.481 e. The molecule has 0 unspecified atom stereocenters. The molecule has 0 aliphatic heterocycles. The highest BCUT2D eigenvalue weighted by Crippen LogP contribution is 2.25. The molecule has 0 aromatic carbocycles. The third-order valence-corrected chi connectivity index (χ3v) is 4.11. The lowest BCUT2D eigenvalue weighted by Crippen LogP contribution is -2.16. The number of rotatable bonds is 6. The van der Waals surface area contributed by atoms with Crippen LogP contribution in [0.2, 0.25) is 0 Å². The van der Waals surface area contributed by atoms with E-state index in [0.717, 1.165) is 6.54 Å². The SMILES string of the molecule is O=C(O)CCC(=O)Oc1nccn1CC1CCCCCCC1. The Hall–Kier alpha value is -1.85. The second kappa shape index (κ2) is 8.56. The quantitative estimate of drug-likeness (QED) is 0.817. The number of hydrogen-bond donors (Lipinski definition) is 1. The van der Waals surface area contributed by atoms with Gasteiger partial charge in [-0.15, -0.1) is 0 Å². The first-order valence-corrected chi connectivity index (χ1v) is 8.09. The third-order valence-electron chi connectivity index (χ3n) is 4.11. The Morgan fingerprint density at radius 2 is 1.86 bits per heavy atom. The van der Waals surface area contributed by atoms with Gasteiger partial charge in [0.05, 0.1) is 12.8 Å². The number of carboxylic acid groups (broad SMARTS) is 1. The van der Waals surface area contributed by atoms with Crippen molar-refractivity contribution in [3.63, 3.8) is 0 Å². The maximum absolute atomic E-state index is 11.6. The summed E-state index contributed by atoms with van der Waals surface area (Å²) in [6.45, 7) is 0.807. The summed E-state index contributed by atoms with van der Waals surface area (Å²) in [5, 5.41) is 8.58. The van der Waals surface area contributed by atoms with Crippen molar-refractivity contribution in [2.24, 2.45) is 5.92 Å². The topological polar surface area (TPSA) is 81.4 Å². The van der Waals surface area contributed by atoms with Gasteiger partial charge in [0.15, 0.2) is 0 Å². The van der Waals surface area contributed by atoms with E-state index in [0.29, 0.717) is 5.92 Å². The van der Waals surface area contributed by atoms with Crippen LogP contribution in [0.4, 0.5) is 0 Å². The fraction of sp³-hybridized carbons (Fsp3) is 0.688. The highest BCUT2D eigenvalue weighted by atomic mass is 16.5. The summed E-state index contributed by atoms with van der Waals surface area (Å²) in [6.07, 6.45) is 11.9. The van der Waals surface area contributed by atoms with Crippen LogP contribution < -0.4 is 4.74 Å². The number of imidazole rings is 1. The van der Waals surface area contributed by atoms with Crippen LogP contribution in [0.25, 0.3) is 0 Å². The number of esters is 1. The van der Waals surface area contributed by atoms with Gasteiger partial charge in [0.2, 0.25) is 0 Å². The van der Waals surface area contributed by atoms with Crippen molar-refractivity contribution in [3.8, 4) is 6.01 Å². The Labute approximate surface area is 130 Å².